The van der Waals surface area contributed by atoms with Crippen molar-refractivity contribution in [2.45, 2.75) is 26.8 Å². The zero-order valence-electron chi connectivity index (χ0n) is 16.2. The third kappa shape index (κ3) is 3.31. The summed E-state index contributed by atoms with van der Waals surface area (Å²) in [5, 5.41) is 14.8. The molecule has 2 heterocycles. The molecule has 2 aromatic heterocycles. The predicted octanol–water partition coefficient (Wildman–Crippen LogP) is 5.31. The lowest BCUT2D eigenvalue weighted by molar-refractivity contribution is 0.477. The van der Waals surface area contributed by atoms with Gasteiger partial charge in [0.2, 0.25) is 5.95 Å². The van der Waals surface area contributed by atoms with Gasteiger partial charge in [-0.1, -0.05) is 25.1 Å². The Balaban J connectivity index is 1.87. The highest BCUT2D eigenvalue weighted by molar-refractivity contribution is 5.90. The zero-order chi connectivity index (χ0) is 19.5. The first-order chi connectivity index (χ1) is 13.7. The summed E-state index contributed by atoms with van der Waals surface area (Å²) in [7, 11) is 0. The Labute approximate surface area is 164 Å². The predicted molar refractivity (Wildman–Crippen MR) is 115 cm³/mol. The third-order valence-electron chi connectivity index (χ3n) is 4.90. The summed E-state index contributed by atoms with van der Waals surface area (Å²) >= 11 is 0. The van der Waals surface area contributed by atoms with Gasteiger partial charge in [0.15, 0.2) is 0 Å². The number of hydrogen-bond acceptors (Lipinski definition) is 4. The minimum Gasteiger partial charge on any atom is -0.507 e. The molecule has 2 aromatic carbocycles. The molecule has 0 atom stereocenters. The van der Waals surface area contributed by atoms with Gasteiger partial charge in [0, 0.05) is 47.5 Å². The van der Waals surface area contributed by atoms with Gasteiger partial charge in [0.25, 0.3) is 0 Å². The van der Waals surface area contributed by atoms with Crippen LogP contribution in [0.25, 0.3) is 33.3 Å². The second kappa shape index (κ2) is 7.72. The van der Waals surface area contributed by atoms with Crippen molar-refractivity contribution in [3.8, 4) is 28.1 Å². The van der Waals surface area contributed by atoms with E-state index in [0.29, 0.717) is 11.5 Å². The summed E-state index contributed by atoms with van der Waals surface area (Å²) in [6.07, 6.45) is 4.93. The molecule has 28 heavy (non-hydrogen) atoms. The molecule has 0 radical (unpaired) electrons. The molecule has 0 saturated heterocycles. The first-order valence-corrected chi connectivity index (χ1v) is 9.69. The van der Waals surface area contributed by atoms with E-state index in [1.54, 1.807) is 6.07 Å². The monoisotopic (exact) mass is 372 g/mol. The van der Waals surface area contributed by atoms with Gasteiger partial charge in [-0.05, 0) is 49.2 Å². The van der Waals surface area contributed by atoms with Crippen molar-refractivity contribution in [3.05, 3.63) is 60.9 Å². The van der Waals surface area contributed by atoms with Gasteiger partial charge >= 0.3 is 0 Å². The van der Waals surface area contributed by atoms with Crippen molar-refractivity contribution in [3.63, 3.8) is 0 Å². The standard InChI is InChI=1S/C23H24N4O/c1-3-12-24-23-25-15-19(22(26-23)18-7-5-6-8-21(18)28)16-9-10-20-17(14-16)11-13-27(20)4-2/h5-11,13-15,28H,3-4,12H2,1-2H3,(H,24,25,26). The van der Waals surface area contributed by atoms with Crippen LogP contribution < -0.4 is 5.32 Å². The molecule has 0 spiro atoms. The minimum atomic E-state index is 0.210. The summed E-state index contributed by atoms with van der Waals surface area (Å²) in [6, 6.07) is 15.8. The highest BCUT2D eigenvalue weighted by Gasteiger charge is 2.15. The number of nitrogens with one attached hydrogen (secondary N) is 1. The molecule has 5 heteroatoms. The maximum absolute atomic E-state index is 10.4. The Bertz CT molecular complexity index is 1120. The van der Waals surface area contributed by atoms with E-state index < -0.39 is 0 Å². The molecule has 0 aliphatic heterocycles. The molecule has 0 aliphatic rings. The van der Waals surface area contributed by atoms with Gasteiger partial charge in [0.1, 0.15) is 5.75 Å². The Morgan fingerprint density at radius 2 is 1.89 bits per heavy atom. The van der Waals surface area contributed by atoms with Crippen molar-refractivity contribution in [1.29, 1.82) is 0 Å². The van der Waals surface area contributed by atoms with Crippen molar-refractivity contribution in [1.82, 2.24) is 14.5 Å². The zero-order valence-corrected chi connectivity index (χ0v) is 16.2. The molecule has 0 unspecified atom stereocenters. The highest BCUT2D eigenvalue weighted by atomic mass is 16.3. The van der Waals surface area contributed by atoms with Crippen LogP contribution in [0, 0.1) is 0 Å². The van der Waals surface area contributed by atoms with E-state index in [2.05, 4.69) is 59.2 Å². The number of aromatic hydroxyl groups is 1. The Hall–Kier alpha value is -3.34. The van der Waals surface area contributed by atoms with Crippen molar-refractivity contribution in [2.75, 3.05) is 11.9 Å². The average molecular weight is 372 g/mol. The Kier molecular flexibility index (Phi) is 4.98. The van der Waals surface area contributed by atoms with Crippen LogP contribution in [0.2, 0.25) is 0 Å². The number of phenols is 1. The largest absolute Gasteiger partial charge is 0.507 e. The first kappa shape index (κ1) is 18.0. The van der Waals surface area contributed by atoms with Crippen LogP contribution in [-0.2, 0) is 6.54 Å². The van der Waals surface area contributed by atoms with E-state index in [1.807, 2.05) is 24.4 Å². The molecule has 0 saturated carbocycles. The van der Waals surface area contributed by atoms with Gasteiger partial charge in [-0.3, -0.25) is 0 Å². The van der Waals surface area contributed by atoms with Crippen molar-refractivity contribution < 1.29 is 5.11 Å². The van der Waals surface area contributed by atoms with Crippen LogP contribution in [-0.4, -0.2) is 26.2 Å². The molecule has 4 rings (SSSR count). The second-order valence-electron chi connectivity index (χ2n) is 6.78. The quantitative estimate of drug-likeness (QED) is 0.481. The number of rotatable bonds is 6. The van der Waals surface area contributed by atoms with Crippen LogP contribution in [0.5, 0.6) is 5.75 Å². The van der Waals surface area contributed by atoms with E-state index in [0.717, 1.165) is 36.3 Å². The molecule has 5 nitrogen and oxygen atoms in total. The van der Waals surface area contributed by atoms with E-state index in [4.69, 9.17) is 4.98 Å². The lowest BCUT2D eigenvalue weighted by Crippen LogP contribution is -2.05. The van der Waals surface area contributed by atoms with Crippen LogP contribution in [0.1, 0.15) is 20.3 Å². The number of anilines is 1. The smallest absolute Gasteiger partial charge is 0.223 e. The molecule has 4 aromatic rings. The molecule has 0 aliphatic carbocycles. The van der Waals surface area contributed by atoms with E-state index in [1.165, 1.54) is 10.9 Å². The van der Waals surface area contributed by atoms with Crippen LogP contribution in [0.3, 0.4) is 0 Å². The van der Waals surface area contributed by atoms with Gasteiger partial charge in [-0.25, -0.2) is 9.97 Å². The lowest BCUT2D eigenvalue weighted by Gasteiger charge is -2.13. The van der Waals surface area contributed by atoms with E-state index >= 15 is 0 Å². The number of nitrogens with zero attached hydrogens (tertiary/aromatic N) is 3. The molecular formula is C23H24N4O. The van der Waals surface area contributed by atoms with Crippen LogP contribution in [0.15, 0.2) is 60.9 Å². The topological polar surface area (TPSA) is 63.0 Å². The number of para-hydroxylation sites is 1. The van der Waals surface area contributed by atoms with Gasteiger partial charge < -0.3 is 15.0 Å². The maximum Gasteiger partial charge on any atom is 0.223 e. The second-order valence-corrected chi connectivity index (χ2v) is 6.78. The van der Waals surface area contributed by atoms with Gasteiger partial charge in [-0.15, -0.1) is 0 Å². The summed E-state index contributed by atoms with van der Waals surface area (Å²) in [4.78, 5) is 9.23. The summed E-state index contributed by atoms with van der Waals surface area (Å²) < 4.78 is 2.22. The van der Waals surface area contributed by atoms with Crippen molar-refractivity contribution >= 4 is 16.9 Å². The number of benzene rings is 2. The first-order valence-electron chi connectivity index (χ1n) is 9.69. The SMILES string of the molecule is CCCNc1ncc(-c2ccc3c(ccn3CC)c2)c(-c2ccccc2O)n1. The normalized spacial score (nSPS) is 11.1. The molecule has 0 bridgehead atoms. The fraction of sp³-hybridized carbons (Fsp3) is 0.217. The Morgan fingerprint density at radius 3 is 2.68 bits per heavy atom. The number of aryl methyl sites for hydroxylation is 1. The number of fused-ring (bicyclic) bond motifs is 1. The molecule has 0 amide bonds. The number of phenolic OH excluding ortho intramolecular Hbond substituents is 1. The van der Waals surface area contributed by atoms with E-state index in [9.17, 15) is 5.11 Å². The van der Waals surface area contributed by atoms with Gasteiger partial charge in [0.05, 0.1) is 5.69 Å². The average Bonchev–Trinajstić information content (AvgIpc) is 3.15. The van der Waals surface area contributed by atoms with E-state index in [-0.39, 0.29) is 5.75 Å². The van der Waals surface area contributed by atoms with Gasteiger partial charge in [-0.2, -0.15) is 0 Å². The third-order valence-corrected chi connectivity index (χ3v) is 4.90. The summed E-state index contributed by atoms with van der Waals surface area (Å²) in [6.45, 7) is 5.98. The fourth-order valence-corrected chi connectivity index (χ4v) is 3.44. The fourth-order valence-electron chi connectivity index (χ4n) is 3.44. The van der Waals surface area contributed by atoms with Crippen LogP contribution in [0.4, 0.5) is 5.95 Å². The van der Waals surface area contributed by atoms with Crippen molar-refractivity contribution in [2.24, 2.45) is 0 Å². The molecular weight excluding hydrogens is 348 g/mol. The lowest BCUT2D eigenvalue weighted by atomic mass is 9.99. The molecule has 142 valence electrons. The summed E-state index contributed by atoms with van der Waals surface area (Å²) in [5.74, 6) is 0.782. The highest BCUT2D eigenvalue weighted by Crippen LogP contribution is 2.36. The molecule has 0 fully saturated rings. The molecule has 2 N–H and O–H groups in total. The minimum absolute atomic E-state index is 0.210. The number of aromatic nitrogens is 3. The maximum atomic E-state index is 10.4. The Morgan fingerprint density at radius 1 is 1.04 bits per heavy atom. The van der Waals surface area contributed by atoms with Crippen LogP contribution >= 0.6 is 0 Å². The summed E-state index contributed by atoms with van der Waals surface area (Å²) in [5.41, 5.74) is 4.56. The number of hydrogen-bond donors (Lipinski definition) is 2.